The third kappa shape index (κ3) is 2.26. The van der Waals surface area contributed by atoms with Gasteiger partial charge in [-0.1, -0.05) is 34.1 Å². The fraction of sp³-hybridized carbons (Fsp3) is 0.143. The zero-order valence-corrected chi connectivity index (χ0v) is 13.2. The highest BCUT2D eigenvalue weighted by molar-refractivity contribution is 9.10. The molecule has 2 heterocycles. The van der Waals surface area contributed by atoms with Crippen molar-refractivity contribution in [2.45, 2.75) is 17.4 Å². The quantitative estimate of drug-likeness (QED) is 0.780. The number of pyridine rings is 1. The van der Waals surface area contributed by atoms with Gasteiger partial charge in [-0.15, -0.1) is 0 Å². The predicted octanol–water partition coefficient (Wildman–Crippen LogP) is 2.16. The molecule has 3 rings (SSSR count). The van der Waals surface area contributed by atoms with Crippen LogP contribution in [0.2, 0.25) is 0 Å². The third-order valence-electron chi connectivity index (χ3n) is 3.36. The average molecular weight is 367 g/mol. The van der Waals surface area contributed by atoms with E-state index in [0.29, 0.717) is 18.5 Å². The fourth-order valence-electron chi connectivity index (χ4n) is 2.39. The lowest BCUT2D eigenvalue weighted by Crippen LogP contribution is -2.39. The van der Waals surface area contributed by atoms with Crippen molar-refractivity contribution in [1.29, 1.82) is 0 Å². The van der Waals surface area contributed by atoms with Gasteiger partial charge in [0, 0.05) is 22.7 Å². The fourth-order valence-corrected chi connectivity index (χ4v) is 4.44. The maximum Gasteiger partial charge on any atom is 0.266 e. The van der Waals surface area contributed by atoms with Crippen LogP contribution in [0.25, 0.3) is 0 Å². The minimum atomic E-state index is -3.81. The Morgan fingerprint density at radius 3 is 2.62 bits per heavy atom. The molecule has 5 nitrogen and oxygen atoms in total. The Kier molecular flexibility index (Phi) is 3.54. The predicted molar refractivity (Wildman–Crippen MR) is 81.6 cm³/mol. The van der Waals surface area contributed by atoms with Gasteiger partial charge in [0.25, 0.3) is 10.0 Å². The minimum absolute atomic E-state index is 0.145. The number of hydrogen-bond acceptors (Lipinski definition) is 4. The highest BCUT2D eigenvalue weighted by Gasteiger charge is 2.40. The topological polar surface area (TPSA) is 67.3 Å². The van der Waals surface area contributed by atoms with Crippen LogP contribution in [0.5, 0.6) is 0 Å². The molecule has 0 amide bonds. The van der Waals surface area contributed by atoms with E-state index in [1.165, 1.54) is 18.3 Å². The molecule has 0 fully saturated rings. The Morgan fingerprint density at radius 2 is 1.95 bits per heavy atom. The zero-order chi connectivity index (χ0) is 15.0. The number of benzene rings is 1. The maximum atomic E-state index is 12.8. The number of fused-ring (bicyclic) bond motifs is 1. The number of aromatic nitrogens is 1. The van der Waals surface area contributed by atoms with Crippen LogP contribution < -0.4 is 4.31 Å². The van der Waals surface area contributed by atoms with E-state index in [1.54, 1.807) is 24.3 Å². The normalized spacial score (nSPS) is 17.6. The summed E-state index contributed by atoms with van der Waals surface area (Å²) in [7, 11) is -3.81. The first-order valence-electron chi connectivity index (χ1n) is 6.24. The standard InChI is InChI=1S/C14H11BrN2O3S/c15-13-6-7-16-14-12(13)8-10(9-18)17(14)21(19,20)11-4-2-1-3-5-11/h1-7,9-10H,8H2. The Balaban J connectivity index is 2.18. The Hall–Kier alpha value is -1.73. The lowest BCUT2D eigenvalue weighted by atomic mass is 10.2. The van der Waals surface area contributed by atoms with Crippen molar-refractivity contribution >= 4 is 38.1 Å². The molecule has 0 saturated carbocycles. The summed E-state index contributed by atoms with van der Waals surface area (Å²) in [5, 5.41) is 0. The van der Waals surface area contributed by atoms with Gasteiger partial charge in [0.05, 0.1) is 4.90 Å². The van der Waals surface area contributed by atoms with Crippen LogP contribution in [0.15, 0.2) is 52.0 Å². The van der Waals surface area contributed by atoms with E-state index >= 15 is 0 Å². The van der Waals surface area contributed by atoms with Crippen molar-refractivity contribution in [3.63, 3.8) is 0 Å². The monoisotopic (exact) mass is 366 g/mol. The van der Waals surface area contributed by atoms with Crippen molar-refractivity contribution in [3.8, 4) is 0 Å². The van der Waals surface area contributed by atoms with Gasteiger partial charge in [-0.05, 0) is 18.2 Å². The number of aldehydes is 1. The molecular formula is C14H11BrN2O3S. The molecule has 1 aromatic carbocycles. The molecule has 108 valence electrons. The summed E-state index contributed by atoms with van der Waals surface area (Å²) in [4.78, 5) is 15.6. The number of carbonyl (C=O) groups excluding carboxylic acids is 1. The molecule has 0 spiro atoms. The molecule has 0 radical (unpaired) electrons. The van der Waals surface area contributed by atoms with E-state index in [1.807, 2.05) is 0 Å². The van der Waals surface area contributed by atoms with Crippen LogP contribution >= 0.6 is 15.9 Å². The largest absolute Gasteiger partial charge is 0.301 e. The van der Waals surface area contributed by atoms with Gasteiger partial charge in [-0.3, -0.25) is 0 Å². The molecule has 7 heteroatoms. The number of rotatable bonds is 3. The maximum absolute atomic E-state index is 12.8. The van der Waals surface area contributed by atoms with Crippen LogP contribution in [0, 0.1) is 0 Å². The van der Waals surface area contributed by atoms with Crippen molar-refractivity contribution in [2.75, 3.05) is 4.31 Å². The van der Waals surface area contributed by atoms with Crippen LogP contribution in [0.4, 0.5) is 5.82 Å². The summed E-state index contributed by atoms with van der Waals surface area (Å²) in [6.07, 6.45) is 2.48. The van der Waals surface area contributed by atoms with E-state index < -0.39 is 16.1 Å². The first-order valence-corrected chi connectivity index (χ1v) is 8.47. The van der Waals surface area contributed by atoms with Crippen molar-refractivity contribution < 1.29 is 13.2 Å². The van der Waals surface area contributed by atoms with E-state index in [-0.39, 0.29) is 4.90 Å². The van der Waals surface area contributed by atoms with E-state index in [0.717, 1.165) is 14.3 Å². The minimum Gasteiger partial charge on any atom is -0.301 e. The Labute approximate surface area is 130 Å². The highest BCUT2D eigenvalue weighted by atomic mass is 79.9. The van der Waals surface area contributed by atoms with Crippen LogP contribution in [0.1, 0.15) is 5.56 Å². The number of nitrogens with zero attached hydrogens (tertiary/aromatic N) is 2. The SMILES string of the molecule is O=CC1Cc2c(Br)ccnc2N1S(=O)(=O)c1ccccc1. The molecule has 1 atom stereocenters. The second kappa shape index (κ2) is 5.23. The molecule has 0 bridgehead atoms. The van der Waals surface area contributed by atoms with E-state index in [2.05, 4.69) is 20.9 Å². The third-order valence-corrected chi connectivity index (χ3v) is 5.93. The molecule has 21 heavy (non-hydrogen) atoms. The van der Waals surface area contributed by atoms with Gasteiger partial charge in [-0.2, -0.15) is 0 Å². The molecular weight excluding hydrogens is 356 g/mol. The van der Waals surface area contributed by atoms with Gasteiger partial charge in [0.2, 0.25) is 0 Å². The number of carbonyl (C=O) groups is 1. The molecule has 2 aromatic rings. The Morgan fingerprint density at radius 1 is 1.24 bits per heavy atom. The summed E-state index contributed by atoms with van der Waals surface area (Å²) in [6, 6.07) is 9.02. The van der Waals surface area contributed by atoms with Gasteiger partial charge in [-0.25, -0.2) is 17.7 Å². The lowest BCUT2D eigenvalue weighted by molar-refractivity contribution is -0.108. The smallest absolute Gasteiger partial charge is 0.266 e. The summed E-state index contributed by atoms with van der Waals surface area (Å²) in [6.45, 7) is 0. The summed E-state index contributed by atoms with van der Waals surface area (Å²) in [5.74, 6) is 0.310. The average Bonchev–Trinajstić information content (AvgIpc) is 2.89. The molecule has 1 aromatic heterocycles. The molecule has 0 N–H and O–H groups in total. The van der Waals surface area contributed by atoms with Crippen LogP contribution in [-0.2, 0) is 21.2 Å². The number of sulfonamides is 1. The second-order valence-corrected chi connectivity index (χ2v) is 7.29. The summed E-state index contributed by atoms with van der Waals surface area (Å²) < 4.78 is 27.4. The van der Waals surface area contributed by atoms with Crippen molar-refractivity contribution in [2.24, 2.45) is 0 Å². The van der Waals surface area contributed by atoms with Crippen LogP contribution in [0.3, 0.4) is 0 Å². The lowest BCUT2D eigenvalue weighted by Gasteiger charge is -2.22. The Bertz CT molecular complexity index is 793. The molecule has 0 aliphatic carbocycles. The van der Waals surface area contributed by atoms with Gasteiger partial charge in [0.1, 0.15) is 18.1 Å². The summed E-state index contributed by atoms with van der Waals surface area (Å²) >= 11 is 3.38. The van der Waals surface area contributed by atoms with E-state index in [9.17, 15) is 13.2 Å². The number of hydrogen-bond donors (Lipinski definition) is 0. The number of anilines is 1. The van der Waals surface area contributed by atoms with Gasteiger partial charge < -0.3 is 4.79 Å². The van der Waals surface area contributed by atoms with Crippen LogP contribution in [-0.4, -0.2) is 25.7 Å². The van der Waals surface area contributed by atoms with Gasteiger partial charge >= 0.3 is 0 Å². The first kappa shape index (κ1) is 14.2. The van der Waals surface area contributed by atoms with Crippen molar-refractivity contribution in [1.82, 2.24) is 4.98 Å². The van der Waals surface area contributed by atoms with Crippen molar-refractivity contribution in [3.05, 3.63) is 52.6 Å². The molecule has 0 saturated heterocycles. The highest BCUT2D eigenvalue weighted by Crippen LogP contribution is 2.37. The number of halogens is 1. The molecule has 1 aliphatic heterocycles. The first-order chi connectivity index (χ1) is 10.1. The molecule has 1 aliphatic rings. The van der Waals surface area contributed by atoms with Gasteiger partial charge in [0.15, 0.2) is 0 Å². The van der Waals surface area contributed by atoms with E-state index in [4.69, 9.17) is 0 Å². The summed E-state index contributed by atoms with van der Waals surface area (Å²) in [5.41, 5.74) is 0.731. The molecule has 1 unspecified atom stereocenters. The zero-order valence-electron chi connectivity index (χ0n) is 10.8. The second-order valence-electron chi connectivity index (χ2n) is 4.62.